The molecule has 2 heterocycles. The van der Waals surface area contributed by atoms with Crippen molar-refractivity contribution in [2.75, 3.05) is 26.2 Å². The van der Waals surface area contributed by atoms with E-state index in [0.717, 1.165) is 5.56 Å². The lowest BCUT2D eigenvalue weighted by Crippen LogP contribution is -2.51. The summed E-state index contributed by atoms with van der Waals surface area (Å²) >= 11 is 0. The van der Waals surface area contributed by atoms with Crippen molar-refractivity contribution in [1.29, 1.82) is 0 Å². The Morgan fingerprint density at radius 2 is 1.71 bits per heavy atom. The van der Waals surface area contributed by atoms with Crippen molar-refractivity contribution < 1.29 is 23.5 Å². The van der Waals surface area contributed by atoms with Crippen molar-refractivity contribution in [3.8, 4) is 11.3 Å². The number of rotatable bonds is 3. The van der Waals surface area contributed by atoms with Crippen molar-refractivity contribution in [3.05, 3.63) is 47.7 Å². The number of carbonyl (C=O) groups is 3. The van der Waals surface area contributed by atoms with Crippen LogP contribution in [0.15, 0.2) is 40.8 Å². The number of nitrogens with zero attached hydrogens (tertiary/aromatic N) is 2. The molecular formula is C21H24N2O5. The molecule has 7 heteroatoms. The van der Waals surface area contributed by atoms with E-state index in [0.29, 0.717) is 43.8 Å². The monoisotopic (exact) mass is 384 g/mol. The maximum atomic E-state index is 12.9. The van der Waals surface area contributed by atoms with Crippen molar-refractivity contribution in [1.82, 2.24) is 9.80 Å². The van der Waals surface area contributed by atoms with Gasteiger partial charge in [-0.15, -0.1) is 0 Å². The highest BCUT2D eigenvalue weighted by Crippen LogP contribution is 2.23. The number of amides is 2. The second kappa shape index (κ2) is 7.88. The van der Waals surface area contributed by atoms with Crippen LogP contribution in [0.5, 0.6) is 0 Å². The maximum absolute atomic E-state index is 12.9. The first kappa shape index (κ1) is 19.7. The Hall–Kier alpha value is -3.09. The molecule has 1 aromatic heterocycles. The van der Waals surface area contributed by atoms with E-state index in [1.54, 1.807) is 40.1 Å². The van der Waals surface area contributed by atoms with E-state index in [1.807, 2.05) is 26.8 Å². The lowest BCUT2D eigenvalue weighted by Gasteiger charge is -2.35. The smallest absolute Gasteiger partial charge is 0.410 e. The average Bonchev–Trinajstić information content (AvgIpc) is 3.16. The van der Waals surface area contributed by atoms with Crippen LogP contribution in [0.3, 0.4) is 0 Å². The Labute approximate surface area is 163 Å². The van der Waals surface area contributed by atoms with Gasteiger partial charge in [-0.25, -0.2) is 4.79 Å². The quantitative estimate of drug-likeness (QED) is 0.757. The molecule has 0 aliphatic carbocycles. The highest BCUT2D eigenvalue weighted by Gasteiger charge is 2.28. The van der Waals surface area contributed by atoms with E-state index in [-0.39, 0.29) is 17.8 Å². The molecule has 1 saturated heterocycles. The number of hydrogen-bond donors (Lipinski definition) is 0. The lowest BCUT2D eigenvalue weighted by atomic mass is 10.1. The van der Waals surface area contributed by atoms with Crippen LogP contribution in [-0.4, -0.2) is 59.9 Å². The summed E-state index contributed by atoms with van der Waals surface area (Å²) in [4.78, 5) is 39.1. The highest BCUT2D eigenvalue weighted by molar-refractivity contribution is 5.95. The second-order valence-corrected chi connectivity index (χ2v) is 7.66. The number of hydrogen-bond acceptors (Lipinski definition) is 5. The number of carbonyl (C=O) groups excluding carboxylic acids is 3. The van der Waals surface area contributed by atoms with Gasteiger partial charge in [-0.2, -0.15) is 0 Å². The van der Waals surface area contributed by atoms with Crippen LogP contribution < -0.4 is 0 Å². The molecule has 3 rings (SSSR count). The lowest BCUT2D eigenvalue weighted by molar-refractivity contribution is 0.0141. The minimum absolute atomic E-state index is 0.104. The number of piperazine rings is 1. The second-order valence-electron chi connectivity index (χ2n) is 7.66. The van der Waals surface area contributed by atoms with E-state index in [1.165, 1.54) is 0 Å². The van der Waals surface area contributed by atoms with Gasteiger partial charge in [0.2, 0.25) is 0 Å². The molecule has 148 valence electrons. The minimum Gasteiger partial charge on any atom is -0.453 e. The Bertz CT molecular complexity index is 873. The molecule has 0 spiro atoms. The summed E-state index contributed by atoms with van der Waals surface area (Å²) in [5.74, 6) is 0.671. The van der Waals surface area contributed by atoms with Gasteiger partial charge in [0.25, 0.3) is 5.91 Å². The van der Waals surface area contributed by atoms with Gasteiger partial charge in [-0.3, -0.25) is 9.59 Å². The molecule has 0 atom stereocenters. The fourth-order valence-corrected chi connectivity index (χ4v) is 2.98. The predicted octanol–water partition coefficient (Wildman–Crippen LogP) is 3.45. The largest absolute Gasteiger partial charge is 0.453 e. The number of benzene rings is 1. The highest BCUT2D eigenvalue weighted by atomic mass is 16.6. The third-order valence-corrected chi connectivity index (χ3v) is 4.36. The first-order valence-electron chi connectivity index (χ1n) is 9.19. The van der Waals surface area contributed by atoms with E-state index in [2.05, 4.69) is 0 Å². The number of ether oxygens (including phenoxy) is 1. The zero-order valence-corrected chi connectivity index (χ0v) is 16.3. The summed E-state index contributed by atoms with van der Waals surface area (Å²) in [7, 11) is 0. The molecule has 2 amide bonds. The molecule has 0 bridgehead atoms. The summed E-state index contributed by atoms with van der Waals surface area (Å²) in [5, 5.41) is 0. The summed E-state index contributed by atoms with van der Waals surface area (Å²) in [6.07, 6.45) is 0.285. The average molecular weight is 384 g/mol. The van der Waals surface area contributed by atoms with Crippen LogP contribution in [0.2, 0.25) is 0 Å². The van der Waals surface area contributed by atoms with E-state index in [4.69, 9.17) is 9.15 Å². The van der Waals surface area contributed by atoms with Crippen molar-refractivity contribution in [3.63, 3.8) is 0 Å². The summed E-state index contributed by atoms with van der Waals surface area (Å²) in [6, 6.07) is 10.4. The minimum atomic E-state index is -0.542. The van der Waals surface area contributed by atoms with Gasteiger partial charge in [0.05, 0.1) is 0 Å². The van der Waals surface area contributed by atoms with Crippen LogP contribution in [0.1, 0.15) is 41.7 Å². The molecular weight excluding hydrogens is 360 g/mol. The molecule has 1 aromatic carbocycles. The third-order valence-electron chi connectivity index (χ3n) is 4.36. The van der Waals surface area contributed by atoms with Gasteiger partial charge in [-0.05, 0) is 45.0 Å². The van der Waals surface area contributed by atoms with Gasteiger partial charge < -0.3 is 19.0 Å². The number of aldehydes is 1. The molecule has 1 aliphatic rings. The Balaban J connectivity index is 1.65. The van der Waals surface area contributed by atoms with Gasteiger partial charge in [0.1, 0.15) is 11.4 Å². The normalized spacial score (nSPS) is 14.7. The molecule has 7 nitrogen and oxygen atoms in total. The fourth-order valence-electron chi connectivity index (χ4n) is 2.98. The third kappa shape index (κ3) is 4.60. The predicted molar refractivity (Wildman–Crippen MR) is 103 cm³/mol. The summed E-state index contributed by atoms with van der Waals surface area (Å²) in [5.41, 5.74) is 0.721. The Morgan fingerprint density at radius 3 is 2.32 bits per heavy atom. The van der Waals surface area contributed by atoms with E-state index < -0.39 is 5.60 Å². The molecule has 1 aliphatic heterocycles. The van der Waals surface area contributed by atoms with Crippen LogP contribution >= 0.6 is 0 Å². The van der Waals surface area contributed by atoms with Crippen LogP contribution in [-0.2, 0) is 4.74 Å². The zero-order valence-electron chi connectivity index (χ0n) is 16.3. The topological polar surface area (TPSA) is 80.1 Å². The fraction of sp³-hybridized carbons (Fsp3) is 0.381. The van der Waals surface area contributed by atoms with Gasteiger partial charge in [-0.1, -0.05) is 12.1 Å². The van der Waals surface area contributed by atoms with Crippen molar-refractivity contribution in [2.24, 2.45) is 0 Å². The number of furan rings is 1. The van der Waals surface area contributed by atoms with E-state index in [9.17, 15) is 14.4 Å². The maximum Gasteiger partial charge on any atom is 0.410 e. The Morgan fingerprint density at radius 1 is 1.04 bits per heavy atom. The SMILES string of the molecule is CC(C)(C)OC(=O)N1CCN(C(=O)c2cccc(-c3ccc(C=O)o3)c2)CC1. The van der Waals surface area contributed by atoms with Crippen molar-refractivity contribution >= 4 is 18.3 Å². The molecule has 0 N–H and O–H groups in total. The summed E-state index contributed by atoms with van der Waals surface area (Å²) in [6.45, 7) is 7.23. The Kier molecular flexibility index (Phi) is 5.53. The molecule has 0 saturated carbocycles. The first-order chi connectivity index (χ1) is 13.3. The molecule has 0 radical (unpaired) electrons. The molecule has 2 aromatic rings. The van der Waals surface area contributed by atoms with Gasteiger partial charge in [0.15, 0.2) is 12.0 Å². The summed E-state index contributed by atoms with van der Waals surface area (Å²) < 4.78 is 10.8. The van der Waals surface area contributed by atoms with Crippen LogP contribution in [0.4, 0.5) is 4.79 Å². The molecule has 28 heavy (non-hydrogen) atoms. The van der Waals surface area contributed by atoms with Gasteiger partial charge in [0, 0.05) is 37.3 Å². The van der Waals surface area contributed by atoms with Crippen molar-refractivity contribution in [2.45, 2.75) is 26.4 Å². The van der Waals surface area contributed by atoms with Crippen LogP contribution in [0.25, 0.3) is 11.3 Å². The van der Waals surface area contributed by atoms with Gasteiger partial charge >= 0.3 is 6.09 Å². The molecule has 0 unspecified atom stereocenters. The molecule has 1 fully saturated rings. The van der Waals surface area contributed by atoms with E-state index >= 15 is 0 Å². The standard InChI is InChI=1S/C21H24N2O5/c1-21(2,3)28-20(26)23-11-9-22(10-12-23)19(25)16-6-4-5-15(13-16)18-8-7-17(14-24)27-18/h4-8,13-14H,9-12H2,1-3H3. The first-order valence-corrected chi connectivity index (χ1v) is 9.19. The zero-order chi connectivity index (χ0) is 20.3. The van der Waals surface area contributed by atoms with Crippen LogP contribution in [0, 0.1) is 0 Å².